The lowest BCUT2D eigenvalue weighted by atomic mass is 10.3. The fraction of sp³-hybridized carbons (Fsp3) is 0. The van der Waals surface area contributed by atoms with Crippen LogP contribution >= 0.6 is 58.4 Å². The van der Waals surface area contributed by atoms with E-state index in [1.165, 1.54) is 0 Å². The first-order valence-electron chi connectivity index (χ1n) is 5.59. The second kappa shape index (κ2) is 7.47. The highest BCUT2D eigenvalue weighted by atomic mass is 35.5. The van der Waals surface area contributed by atoms with Crippen molar-refractivity contribution in [2.45, 2.75) is 4.90 Å². The lowest BCUT2D eigenvalue weighted by Gasteiger charge is -2.10. The van der Waals surface area contributed by atoms with E-state index < -0.39 is 6.03 Å². The van der Waals surface area contributed by atoms with Gasteiger partial charge in [0, 0.05) is 14.9 Å². The molecule has 0 unspecified atom stereocenters. The first-order chi connectivity index (χ1) is 9.95. The van der Waals surface area contributed by atoms with E-state index in [0.717, 1.165) is 11.9 Å². The van der Waals surface area contributed by atoms with Gasteiger partial charge < -0.3 is 5.32 Å². The molecule has 2 aromatic carbocycles. The molecule has 0 aliphatic heterocycles. The Morgan fingerprint density at radius 1 is 0.952 bits per heavy atom. The van der Waals surface area contributed by atoms with Gasteiger partial charge in [-0.05, 0) is 42.3 Å². The van der Waals surface area contributed by atoms with Crippen LogP contribution in [0.2, 0.25) is 20.1 Å². The standard InChI is InChI=1S/C13H8Cl4N2OS/c14-7-4-8(15)6-9(5-7)21-19-13(20)18-12-10(16)2-1-3-11(12)17/h1-6H,(H2,18,19,20). The number of carbonyl (C=O) groups excluding carboxylic acids is 1. The van der Waals surface area contributed by atoms with Gasteiger partial charge in [0.2, 0.25) is 0 Å². The number of nitrogens with one attached hydrogen (secondary N) is 2. The summed E-state index contributed by atoms with van der Waals surface area (Å²) >= 11 is 24.7. The average molecular weight is 382 g/mol. The van der Waals surface area contributed by atoms with Crippen molar-refractivity contribution in [1.82, 2.24) is 4.72 Å². The van der Waals surface area contributed by atoms with Crippen LogP contribution in [0.5, 0.6) is 0 Å². The van der Waals surface area contributed by atoms with Crippen LogP contribution in [-0.4, -0.2) is 6.03 Å². The Labute approximate surface area is 146 Å². The van der Waals surface area contributed by atoms with Crippen molar-refractivity contribution >= 4 is 70.1 Å². The first-order valence-corrected chi connectivity index (χ1v) is 7.92. The molecule has 2 rings (SSSR count). The lowest BCUT2D eigenvalue weighted by molar-refractivity contribution is 0.257. The molecular formula is C13H8Cl4N2OS. The molecule has 2 amide bonds. The van der Waals surface area contributed by atoms with E-state index in [1.54, 1.807) is 36.4 Å². The zero-order valence-corrected chi connectivity index (χ0v) is 14.1. The fourth-order valence-electron chi connectivity index (χ4n) is 1.45. The largest absolute Gasteiger partial charge is 0.329 e. The highest BCUT2D eigenvalue weighted by Crippen LogP contribution is 2.30. The van der Waals surface area contributed by atoms with Crippen LogP contribution in [0.25, 0.3) is 0 Å². The van der Waals surface area contributed by atoms with Gasteiger partial charge in [0.1, 0.15) is 0 Å². The van der Waals surface area contributed by atoms with Crippen molar-refractivity contribution in [2.24, 2.45) is 0 Å². The molecular weight excluding hydrogens is 374 g/mol. The van der Waals surface area contributed by atoms with Crippen LogP contribution in [-0.2, 0) is 0 Å². The fourth-order valence-corrected chi connectivity index (χ4v) is 3.23. The topological polar surface area (TPSA) is 41.1 Å². The van der Waals surface area contributed by atoms with Gasteiger partial charge in [-0.2, -0.15) is 0 Å². The Morgan fingerprint density at radius 2 is 1.52 bits per heavy atom. The highest BCUT2D eigenvalue weighted by molar-refractivity contribution is 7.98. The molecule has 0 radical (unpaired) electrons. The minimum Gasteiger partial charge on any atom is -0.304 e. The molecule has 0 aromatic heterocycles. The normalized spacial score (nSPS) is 10.3. The maximum Gasteiger partial charge on any atom is 0.329 e. The van der Waals surface area contributed by atoms with E-state index in [4.69, 9.17) is 46.4 Å². The minimum absolute atomic E-state index is 0.350. The number of rotatable bonds is 3. The van der Waals surface area contributed by atoms with Crippen LogP contribution in [0.3, 0.4) is 0 Å². The molecule has 110 valence electrons. The maximum atomic E-state index is 11.8. The smallest absolute Gasteiger partial charge is 0.304 e. The number of hydrogen-bond donors (Lipinski definition) is 2. The van der Waals surface area contributed by atoms with E-state index >= 15 is 0 Å². The number of amides is 2. The third-order valence-electron chi connectivity index (χ3n) is 2.30. The number of para-hydroxylation sites is 1. The molecule has 3 nitrogen and oxygen atoms in total. The van der Waals surface area contributed by atoms with Crippen molar-refractivity contribution < 1.29 is 4.79 Å². The van der Waals surface area contributed by atoms with Gasteiger partial charge in [-0.1, -0.05) is 52.5 Å². The molecule has 0 heterocycles. The summed E-state index contributed by atoms with van der Waals surface area (Å²) < 4.78 is 2.59. The Hall–Kier alpha value is -0.780. The quantitative estimate of drug-likeness (QED) is 0.628. The van der Waals surface area contributed by atoms with Gasteiger partial charge in [-0.15, -0.1) is 0 Å². The summed E-state index contributed by atoms with van der Waals surface area (Å²) in [6.07, 6.45) is 0. The van der Waals surface area contributed by atoms with Crippen molar-refractivity contribution in [1.29, 1.82) is 0 Å². The van der Waals surface area contributed by atoms with Crippen molar-refractivity contribution in [3.05, 3.63) is 56.5 Å². The molecule has 0 spiro atoms. The Balaban J connectivity index is 1.99. The van der Waals surface area contributed by atoms with Gasteiger partial charge in [0.05, 0.1) is 15.7 Å². The Kier molecular flexibility index (Phi) is 5.90. The molecule has 0 aliphatic rings. The zero-order chi connectivity index (χ0) is 15.4. The van der Waals surface area contributed by atoms with E-state index in [0.29, 0.717) is 30.7 Å². The van der Waals surface area contributed by atoms with Gasteiger partial charge in [-0.25, -0.2) is 4.79 Å². The van der Waals surface area contributed by atoms with Crippen LogP contribution < -0.4 is 10.0 Å². The van der Waals surface area contributed by atoms with Crippen LogP contribution in [0.15, 0.2) is 41.3 Å². The van der Waals surface area contributed by atoms with Crippen molar-refractivity contribution in [3.8, 4) is 0 Å². The van der Waals surface area contributed by atoms with Gasteiger partial charge in [-0.3, -0.25) is 4.72 Å². The SMILES string of the molecule is O=C(NSc1cc(Cl)cc(Cl)c1)Nc1c(Cl)cccc1Cl. The van der Waals surface area contributed by atoms with Crippen LogP contribution in [0, 0.1) is 0 Å². The number of halogens is 4. The van der Waals surface area contributed by atoms with Crippen LogP contribution in [0.4, 0.5) is 10.5 Å². The predicted molar refractivity (Wildman–Crippen MR) is 90.9 cm³/mol. The third kappa shape index (κ3) is 4.87. The molecule has 2 aromatic rings. The highest BCUT2D eigenvalue weighted by Gasteiger charge is 2.09. The van der Waals surface area contributed by atoms with Crippen LogP contribution in [0.1, 0.15) is 0 Å². The van der Waals surface area contributed by atoms with E-state index in [-0.39, 0.29) is 0 Å². The number of hydrogen-bond acceptors (Lipinski definition) is 2. The van der Waals surface area contributed by atoms with E-state index in [2.05, 4.69) is 10.0 Å². The molecule has 0 saturated carbocycles. The zero-order valence-electron chi connectivity index (χ0n) is 10.3. The minimum atomic E-state index is -0.467. The van der Waals surface area contributed by atoms with Gasteiger partial charge >= 0.3 is 6.03 Å². The van der Waals surface area contributed by atoms with E-state index in [1.807, 2.05) is 0 Å². The molecule has 21 heavy (non-hydrogen) atoms. The monoisotopic (exact) mass is 380 g/mol. The molecule has 2 N–H and O–H groups in total. The summed E-state index contributed by atoms with van der Waals surface area (Å²) in [6.45, 7) is 0. The van der Waals surface area contributed by atoms with Gasteiger partial charge in [0.25, 0.3) is 0 Å². The number of anilines is 1. The van der Waals surface area contributed by atoms with Gasteiger partial charge in [0.15, 0.2) is 0 Å². The summed E-state index contributed by atoms with van der Waals surface area (Å²) in [6, 6.07) is 9.46. The molecule has 0 atom stereocenters. The second-order valence-electron chi connectivity index (χ2n) is 3.86. The summed E-state index contributed by atoms with van der Waals surface area (Å²) in [4.78, 5) is 12.5. The predicted octanol–water partition coefficient (Wildman–Crippen LogP) is 6.13. The van der Waals surface area contributed by atoms with E-state index in [9.17, 15) is 4.79 Å². The summed E-state index contributed by atoms with van der Waals surface area (Å²) in [7, 11) is 0. The molecule has 8 heteroatoms. The maximum absolute atomic E-state index is 11.8. The van der Waals surface area contributed by atoms with Crippen molar-refractivity contribution in [2.75, 3.05) is 5.32 Å². The summed E-state index contributed by atoms with van der Waals surface area (Å²) in [5, 5.41) is 4.26. The van der Waals surface area contributed by atoms with Crippen molar-refractivity contribution in [3.63, 3.8) is 0 Å². The third-order valence-corrected chi connectivity index (χ3v) is 4.12. The molecule has 0 fully saturated rings. The number of benzene rings is 2. The molecule has 0 bridgehead atoms. The summed E-state index contributed by atoms with van der Waals surface area (Å²) in [5.41, 5.74) is 0.350. The lowest BCUT2D eigenvalue weighted by Crippen LogP contribution is -2.23. The molecule has 0 saturated heterocycles. The Morgan fingerprint density at radius 3 is 2.10 bits per heavy atom. The summed E-state index contributed by atoms with van der Waals surface area (Å²) in [5.74, 6) is 0. The average Bonchev–Trinajstić information content (AvgIpc) is 2.40. The second-order valence-corrected chi connectivity index (χ2v) is 6.43. The molecule has 0 aliphatic carbocycles. The number of carbonyl (C=O) groups is 1. The number of urea groups is 1. The Bertz CT molecular complexity index is 641. The first kappa shape index (κ1) is 16.6.